The molecule has 0 aliphatic rings. The van der Waals surface area contributed by atoms with Crippen molar-refractivity contribution in [2.45, 2.75) is 71.1 Å². The molecule has 99 valence electrons. The summed E-state index contributed by atoms with van der Waals surface area (Å²) < 4.78 is 0. The average molecular weight is 395 g/mol. The fourth-order valence-corrected chi connectivity index (χ4v) is 1.49. The normalized spacial score (nSPS) is 10.1. The predicted molar refractivity (Wildman–Crippen MR) is 81.9 cm³/mol. The summed E-state index contributed by atoms with van der Waals surface area (Å²) in [5.41, 5.74) is 0. The van der Waals surface area contributed by atoms with E-state index in [0.717, 1.165) is 6.42 Å². The van der Waals surface area contributed by atoms with E-state index in [-0.39, 0.29) is 0 Å². The summed E-state index contributed by atoms with van der Waals surface area (Å²) in [5.74, 6) is 0. The van der Waals surface area contributed by atoms with Gasteiger partial charge in [-0.25, -0.2) is 0 Å². The maximum absolute atomic E-state index is 5.02. The Morgan fingerprint density at radius 2 is 1.06 bits per heavy atom. The van der Waals surface area contributed by atoms with Crippen molar-refractivity contribution in [2.24, 2.45) is 0 Å². The summed E-state index contributed by atoms with van der Waals surface area (Å²) in [7, 11) is 15.0. The van der Waals surface area contributed by atoms with E-state index in [1.54, 1.807) is 0 Å². The third-order valence-corrected chi connectivity index (χ3v) is 2.35. The Morgan fingerprint density at radius 3 is 1.38 bits per heavy atom. The Balaban J connectivity index is 0. The molecule has 16 heavy (non-hydrogen) atoms. The van der Waals surface area contributed by atoms with Gasteiger partial charge in [0.25, 0.3) is 0 Å². The van der Waals surface area contributed by atoms with Gasteiger partial charge in [0.1, 0.15) is 0 Å². The van der Waals surface area contributed by atoms with Crippen molar-refractivity contribution < 1.29 is 0 Å². The van der Waals surface area contributed by atoms with Crippen LogP contribution in [-0.2, 0) is 0 Å². The third kappa shape index (κ3) is 29.6. The molecule has 0 rings (SSSR count). The monoisotopic (exact) mass is 395 g/mol. The van der Waals surface area contributed by atoms with Gasteiger partial charge in [-0.3, -0.25) is 0 Å². The van der Waals surface area contributed by atoms with Crippen LogP contribution in [0.2, 0.25) is 0 Å². The van der Waals surface area contributed by atoms with E-state index in [4.69, 9.17) is 26.8 Å². The second kappa shape index (κ2) is 19.0. The van der Waals surface area contributed by atoms with Gasteiger partial charge in [-0.1, -0.05) is 78.1 Å². The molecule has 0 heterocycles. The van der Waals surface area contributed by atoms with Crippen LogP contribution < -0.4 is 0 Å². The Kier molecular flexibility index (Phi) is 23.8. The molecule has 0 aromatic carbocycles. The molecule has 0 aliphatic carbocycles. The maximum atomic E-state index is 5.02. The van der Waals surface area contributed by atoms with Gasteiger partial charge in [0.15, 0.2) is 0 Å². The summed E-state index contributed by atoms with van der Waals surface area (Å²) in [6, 6.07) is 0. The molecule has 0 N–H and O–H groups in total. The number of unbranched alkanes of at least 4 members (excludes halogenated alkanes) is 9. The van der Waals surface area contributed by atoms with Crippen molar-refractivity contribution in [3.8, 4) is 0 Å². The molecular weight excluding hydrogens is 369 g/mol. The summed E-state index contributed by atoms with van der Waals surface area (Å²) in [4.78, 5) is 0. The fourth-order valence-electron chi connectivity index (χ4n) is 1.49. The Bertz CT molecular complexity index is 97.7. The molecule has 0 bridgehead atoms. The van der Waals surface area contributed by atoms with Gasteiger partial charge in [0.05, 0.1) is 0 Å². The first-order valence-corrected chi connectivity index (χ1v) is 18.9. The number of hydrogen-bond donors (Lipinski definition) is 0. The zero-order valence-corrected chi connectivity index (χ0v) is 16.1. The van der Waals surface area contributed by atoms with Crippen LogP contribution in [0.25, 0.3) is 0 Å². The molecule has 0 amide bonds. The molecule has 0 atom stereocenters. The van der Waals surface area contributed by atoms with Crippen molar-refractivity contribution in [2.75, 3.05) is 0 Å². The zero-order valence-electron chi connectivity index (χ0n) is 10.5. The Labute approximate surface area is 120 Å². The van der Waals surface area contributed by atoms with Gasteiger partial charge >= 0.3 is 43.1 Å². The molecule has 0 unspecified atom stereocenters. The standard InChI is InChI=1S/C12H25.3ClH.Sn.H/c1-3-5-7-9-11-12-10-8-6-4-2;;;;;/h1,3-12H2,2H3;3*1H;;/q;;;;+3;/p-3. The summed E-state index contributed by atoms with van der Waals surface area (Å²) in [6.45, 7) is 6.12. The number of rotatable bonds is 9. The van der Waals surface area contributed by atoms with E-state index in [1.165, 1.54) is 57.8 Å². The van der Waals surface area contributed by atoms with Crippen LogP contribution in [0.4, 0.5) is 0 Å². The molecule has 4 heteroatoms. The molecular formula is C12H26Cl3Sn. The second-order valence-electron chi connectivity index (χ2n) is 3.93. The second-order valence-corrected chi connectivity index (χ2v) is 18.6. The molecule has 0 aromatic heterocycles. The molecule has 0 saturated carbocycles. The van der Waals surface area contributed by atoms with Gasteiger partial charge in [-0.05, 0) is 0 Å². The van der Waals surface area contributed by atoms with Crippen molar-refractivity contribution in [1.29, 1.82) is 0 Å². The summed E-state index contributed by atoms with van der Waals surface area (Å²) in [5, 5.41) is 0. The zero-order chi connectivity index (χ0) is 12.6. The molecule has 1 radical (unpaired) electrons. The first-order valence-electron chi connectivity index (χ1n) is 6.36. The molecule has 0 spiro atoms. The van der Waals surface area contributed by atoms with Crippen LogP contribution in [0.5, 0.6) is 0 Å². The predicted octanol–water partition coefficient (Wildman–Crippen LogP) is 6.16. The van der Waals surface area contributed by atoms with Gasteiger partial charge in [-0.15, -0.1) is 0 Å². The fraction of sp³-hybridized carbons (Fsp3) is 0.917. The average Bonchev–Trinajstić information content (AvgIpc) is 2.21. The molecule has 0 saturated heterocycles. The Hall–Kier alpha value is 1.67. The minimum absolute atomic E-state index is 1.12. The van der Waals surface area contributed by atoms with Crippen LogP contribution in [-0.4, -0.2) is 16.4 Å². The van der Waals surface area contributed by atoms with Gasteiger partial charge in [0.2, 0.25) is 0 Å². The van der Waals surface area contributed by atoms with Crippen molar-refractivity contribution in [3.63, 3.8) is 0 Å². The van der Waals surface area contributed by atoms with E-state index in [1.807, 2.05) is 0 Å². The van der Waals surface area contributed by atoms with Gasteiger partial charge in [0, 0.05) is 0 Å². The topological polar surface area (TPSA) is 0 Å². The van der Waals surface area contributed by atoms with E-state index in [9.17, 15) is 0 Å². The summed E-state index contributed by atoms with van der Waals surface area (Å²) >= 11 is -2.22. The van der Waals surface area contributed by atoms with Gasteiger partial charge in [-0.2, -0.15) is 0 Å². The van der Waals surface area contributed by atoms with E-state index in [2.05, 4.69) is 13.8 Å². The Morgan fingerprint density at radius 1 is 0.750 bits per heavy atom. The summed E-state index contributed by atoms with van der Waals surface area (Å²) in [6.07, 6.45) is 13.9. The first-order chi connectivity index (χ1) is 7.65. The van der Waals surface area contributed by atoms with Gasteiger partial charge < -0.3 is 0 Å². The quantitative estimate of drug-likeness (QED) is 0.324. The van der Waals surface area contributed by atoms with E-state index < -0.39 is 16.4 Å². The van der Waals surface area contributed by atoms with E-state index >= 15 is 0 Å². The molecule has 0 fully saturated rings. The molecule has 0 aromatic rings. The minimum atomic E-state index is -2.22. The van der Waals surface area contributed by atoms with Crippen molar-refractivity contribution in [3.05, 3.63) is 6.92 Å². The first kappa shape index (κ1) is 20.0. The molecule has 0 aliphatic heterocycles. The van der Waals surface area contributed by atoms with Crippen molar-refractivity contribution >= 4 is 43.1 Å². The van der Waals surface area contributed by atoms with Crippen LogP contribution in [0.1, 0.15) is 71.1 Å². The SMILES string of the molecule is [CH2]CCCCCCCCCCC.[Cl][SnH]([Cl])[Cl]. The van der Waals surface area contributed by atoms with Crippen LogP contribution in [0.3, 0.4) is 0 Å². The third-order valence-electron chi connectivity index (χ3n) is 2.35. The molecule has 0 nitrogen and oxygen atoms in total. The number of hydrogen-bond acceptors (Lipinski definition) is 0. The van der Waals surface area contributed by atoms with Crippen molar-refractivity contribution in [1.82, 2.24) is 0 Å². The van der Waals surface area contributed by atoms with Crippen LogP contribution in [0, 0.1) is 6.92 Å². The van der Waals surface area contributed by atoms with Crippen LogP contribution in [0.15, 0.2) is 0 Å². The van der Waals surface area contributed by atoms with E-state index in [0.29, 0.717) is 0 Å². The number of halogens is 3. The van der Waals surface area contributed by atoms with Crippen LogP contribution >= 0.6 is 26.8 Å².